The molecule has 534 valence electrons. The van der Waals surface area contributed by atoms with E-state index in [4.69, 9.17) is 29.2 Å². The Morgan fingerprint density at radius 1 is 0.866 bits per heavy atom. The predicted octanol–water partition coefficient (Wildman–Crippen LogP) is 5.63. The number of nitrogens with one attached hydrogen (secondary N) is 4. The number of piperazine rings is 2. The fourth-order valence-corrected chi connectivity index (χ4v) is 12.5. The maximum absolute atomic E-state index is 14.6. The molecule has 12 N–H and O–H groups in total. The largest absolute Gasteiger partial charge is 0.507 e. The number of carbonyl (C=O) groups is 4. The first-order chi connectivity index (χ1) is 46.1. The molecule has 4 aromatic rings. The molecule has 6 aliphatic rings. The zero-order chi connectivity index (χ0) is 71.3. The van der Waals surface area contributed by atoms with Crippen molar-refractivity contribution in [1.82, 2.24) is 30.4 Å². The number of aromatic hydroxyl groups is 3. The molecule has 0 radical (unpaired) electrons. The van der Waals surface area contributed by atoms with Gasteiger partial charge in [0.25, 0.3) is 11.7 Å². The number of esters is 1. The summed E-state index contributed by atoms with van der Waals surface area (Å²) >= 11 is 0. The summed E-state index contributed by atoms with van der Waals surface area (Å²) in [6, 6.07) is 3.48. The van der Waals surface area contributed by atoms with Crippen molar-refractivity contribution in [2.75, 3.05) is 103 Å². The number of benzene rings is 3. The van der Waals surface area contributed by atoms with Crippen molar-refractivity contribution in [1.29, 1.82) is 0 Å². The van der Waals surface area contributed by atoms with E-state index in [1.54, 1.807) is 50.9 Å². The lowest BCUT2D eigenvalue weighted by Crippen LogP contribution is -2.46. The van der Waals surface area contributed by atoms with Crippen LogP contribution in [0.3, 0.4) is 0 Å². The minimum absolute atomic E-state index is 0.0559. The van der Waals surface area contributed by atoms with Crippen LogP contribution in [0.2, 0.25) is 0 Å². The van der Waals surface area contributed by atoms with Crippen molar-refractivity contribution >= 4 is 62.9 Å². The number of pyridine rings is 1. The third-order valence-electron chi connectivity index (χ3n) is 19.0. The normalized spacial score (nSPS) is 26.2. The summed E-state index contributed by atoms with van der Waals surface area (Å²) < 4.78 is 40.0. The summed E-state index contributed by atoms with van der Waals surface area (Å²) in [4.78, 5) is 68.3. The zero-order valence-corrected chi connectivity index (χ0v) is 57.7. The van der Waals surface area contributed by atoms with E-state index in [2.05, 4.69) is 31.3 Å². The number of rotatable bonds is 16. The number of Topliss-reactive ketones (excluding diaryl/α,β-unsaturated/α-hetero) is 1. The number of carboxylic acid groups (broad SMARTS) is 1. The molecule has 1 aliphatic carbocycles. The summed E-state index contributed by atoms with van der Waals surface area (Å²) in [5.41, 5.74) is -0.191. The lowest BCUT2D eigenvalue weighted by Gasteiger charge is -2.38. The molecule has 3 aromatic carbocycles. The van der Waals surface area contributed by atoms with Crippen molar-refractivity contribution in [2.24, 2.45) is 28.8 Å². The standard InChI is InChI=1S/C43H58N4O12.C17H18FN3O3.C10H24N2O2/c1-21-12-11-13-22(2)42(55)45-33-28(20-44-47-17-15-46(9)16-18-47)37(52)30-31(38(33)53)36(51)26(6)40-32(30)41(54)43(8,59-40)57-19-14-29(56-10)23(3)39(58-27(7)48)25(5)35(50)24(4)34(21)49;18-13-7-11-14(8-15(13)20-5-3-19-4-6-20)21(10-1-2-10)9-12(16(11)22)17(23)24;1-3-9(7-13)11-5-6-12-10(4-2)8-14/h11-14,19-21,23-25,29,34-35,39,49-53H,15-18H2,1-10H3,(H,45,55);7-10,19H,1-6H2,(H,23,24);9-14H,3-8H2,1-2H3/b12-11+,19-14+,22-13-,44-20-;;/t21-,23-,24-,25-,29+,34+,35+,39-,43+;;9-,10-/m1.0/s1. The van der Waals surface area contributed by atoms with Gasteiger partial charge in [-0.2, -0.15) is 5.10 Å². The van der Waals surface area contributed by atoms with Gasteiger partial charge in [-0.05, 0) is 64.8 Å². The van der Waals surface area contributed by atoms with Crippen molar-refractivity contribution < 1.29 is 83.4 Å². The molecule has 1 amide bonds. The smallest absolute Gasteiger partial charge is 0.341 e. The van der Waals surface area contributed by atoms with Gasteiger partial charge in [-0.1, -0.05) is 59.8 Å². The highest BCUT2D eigenvalue weighted by Crippen LogP contribution is 2.55. The molecule has 5 aliphatic heterocycles. The Morgan fingerprint density at radius 2 is 1.49 bits per heavy atom. The van der Waals surface area contributed by atoms with Crippen LogP contribution in [0.5, 0.6) is 23.0 Å². The van der Waals surface area contributed by atoms with Gasteiger partial charge in [0.15, 0.2) is 5.75 Å². The summed E-state index contributed by atoms with van der Waals surface area (Å²) in [5.74, 6) is -10.1. The van der Waals surface area contributed by atoms with Gasteiger partial charge in [-0.3, -0.25) is 24.2 Å². The van der Waals surface area contributed by atoms with Crippen LogP contribution >= 0.6 is 0 Å². The molecule has 97 heavy (non-hydrogen) atoms. The molecule has 6 heterocycles. The number of aliphatic hydroxyl groups is 4. The topological polar surface area (TPSA) is 359 Å². The van der Waals surface area contributed by atoms with E-state index in [-0.39, 0.29) is 86.8 Å². The number of phenols is 3. The molecule has 10 rings (SSSR count). The maximum Gasteiger partial charge on any atom is 0.341 e. The average molecular weight is 1360 g/mol. The molecule has 1 saturated carbocycles. The number of methoxy groups -OCH3 is 1. The van der Waals surface area contributed by atoms with Gasteiger partial charge >= 0.3 is 17.7 Å². The average Bonchev–Trinajstić information content (AvgIpc) is 1.59. The van der Waals surface area contributed by atoms with E-state index in [1.807, 2.05) is 30.4 Å². The van der Waals surface area contributed by atoms with Crippen molar-refractivity contribution in [3.63, 3.8) is 0 Å². The first kappa shape index (κ1) is 76.6. The molecule has 1 aromatic heterocycles. The number of carboxylic acids is 1. The second kappa shape index (κ2) is 34.2. The molecule has 5 bridgehead atoms. The lowest BCUT2D eigenvalue weighted by atomic mass is 9.78. The number of hydrogen-bond acceptors (Lipinski definition) is 23. The highest BCUT2D eigenvalue weighted by Gasteiger charge is 2.50. The Bertz CT molecular complexity index is 3620. The Morgan fingerprint density at radius 3 is 2.06 bits per heavy atom. The van der Waals surface area contributed by atoms with Gasteiger partial charge in [0.05, 0.1) is 77.4 Å². The van der Waals surface area contributed by atoms with Crippen LogP contribution < -0.4 is 36.3 Å². The Hall–Kier alpha value is -7.73. The van der Waals surface area contributed by atoms with Gasteiger partial charge in [0.1, 0.15) is 34.7 Å². The van der Waals surface area contributed by atoms with Crippen LogP contribution in [0, 0.1) is 36.4 Å². The van der Waals surface area contributed by atoms with Crippen LogP contribution in [0.1, 0.15) is 126 Å². The molecule has 26 nitrogen and oxygen atoms in total. The van der Waals surface area contributed by atoms with Crippen LogP contribution in [0.15, 0.2) is 64.4 Å². The highest BCUT2D eigenvalue weighted by atomic mass is 19.1. The van der Waals surface area contributed by atoms with E-state index in [0.717, 1.165) is 65.0 Å². The summed E-state index contributed by atoms with van der Waals surface area (Å²) in [7, 11) is 3.42. The number of nitrogens with zero attached hydrogens (tertiary/aromatic N) is 5. The van der Waals surface area contributed by atoms with Crippen LogP contribution in [0.25, 0.3) is 21.7 Å². The number of hydrazone groups is 1. The quantitative estimate of drug-likeness (QED) is 0.0213. The fraction of sp³-hybridized carbons (Fsp3) is 0.571. The molecule has 27 heteroatoms. The highest BCUT2D eigenvalue weighted by molar-refractivity contribution is 6.24. The first-order valence-corrected chi connectivity index (χ1v) is 33.4. The number of aromatic carboxylic acids is 1. The van der Waals surface area contributed by atoms with Gasteiger partial charge < -0.3 is 95.4 Å². The summed E-state index contributed by atoms with van der Waals surface area (Å²) in [5, 5.41) is 104. The number of likely N-dealkylation sites (N-methyl/N-ethyl adjacent to an activating group) is 1. The molecule has 2 saturated heterocycles. The second-order valence-electron chi connectivity index (χ2n) is 26.0. The van der Waals surface area contributed by atoms with E-state index < -0.39 is 106 Å². The molecule has 11 atom stereocenters. The van der Waals surface area contributed by atoms with Gasteiger partial charge in [-0.25, -0.2) is 9.18 Å². The Balaban J connectivity index is 0.000000281. The number of aromatic nitrogens is 1. The Kier molecular flexibility index (Phi) is 27.0. The van der Waals surface area contributed by atoms with Crippen molar-refractivity contribution in [3.8, 4) is 23.0 Å². The summed E-state index contributed by atoms with van der Waals surface area (Å²) in [6.45, 7) is 24.2. The number of phenolic OH excluding ortho intramolecular Hbond substituents is 3. The van der Waals surface area contributed by atoms with Crippen LogP contribution in [-0.2, 0) is 23.8 Å². The minimum atomic E-state index is -2.04. The molecule has 0 unspecified atom stereocenters. The summed E-state index contributed by atoms with van der Waals surface area (Å²) in [6.07, 6.45) is 10.0. The third kappa shape index (κ3) is 18.0. The minimum Gasteiger partial charge on any atom is -0.507 e. The van der Waals surface area contributed by atoms with E-state index in [9.17, 15) is 59.0 Å². The van der Waals surface area contributed by atoms with E-state index in [0.29, 0.717) is 37.4 Å². The van der Waals surface area contributed by atoms with Crippen LogP contribution in [0.4, 0.5) is 15.8 Å². The Labute approximate surface area is 565 Å². The van der Waals surface area contributed by atoms with Crippen molar-refractivity contribution in [2.45, 2.75) is 143 Å². The monoisotopic (exact) mass is 1360 g/mol. The number of ether oxygens (including phenoxy) is 4. The molecular weight excluding hydrogens is 1260 g/mol. The number of hydrogen-bond donors (Lipinski definition) is 12. The van der Waals surface area contributed by atoms with E-state index >= 15 is 0 Å². The number of ketones is 1. The second-order valence-corrected chi connectivity index (χ2v) is 26.0. The number of allylic oxidation sites excluding steroid dienone is 2. The van der Waals surface area contributed by atoms with Gasteiger partial charge in [0.2, 0.25) is 5.43 Å². The van der Waals surface area contributed by atoms with Crippen molar-refractivity contribution in [3.05, 3.63) is 92.8 Å². The van der Waals surface area contributed by atoms with Gasteiger partial charge in [0, 0.05) is 156 Å². The molecule has 0 spiro atoms. The van der Waals surface area contributed by atoms with Gasteiger partial charge in [-0.15, -0.1) is 0 Å². The first-order valence-electron chi connectivity index (χ1n) is 33.4. The van der Waals surface area contributed by atoms with Crippen LogP contribution in [-0.4, -0.2) is 220 Å². The number of carbonyl (C=O) groups excluding carboxylic acids is 3. The number of fused-ring (bicyclic) bond motifs is 15. The number of anilines is 2. The number of amides is 1. The number of halogens is 1. The fourth-order valence-electron chi connectivity index (χ4n) is 12.5. The number of aliphatic hydroxyl groups excluding tert-OH is 4. The lowest BCUT2D eigenvalue weighted by molar-refractivity contribution is -0.160. The predicted molar refractivity (Wildman–Crippen MR) is 367 cm³/mol. The third-order valence-corrected chi connectivity index (χ3v) is 19.0. The molecule has 3 fully saturated rings. The maximum atomic E-state index is 14.6. The van der Waals surface area contributed by atoms with E-state index in [1.165, 1.54) is 71.7 Å². The SMILES string of the molecule is CC[C@@H](CO)NCCN[C@@H](CC)CO.CO[C@H]1/C=C/O[C@@]2(C)Oc3c(C)c(O)c4c(O)c(c(/C=N\N5CCN(C)CC5)c(O)c4c3C2=O)NC(=O)/C(C)=C\C=C\[C@@H](C)[C@H](O)[C@@H](C)[C@H](O)[C@@H](C)[C@H](OC(C)=O)[C@@H]1C.O=C(O)c1cn(C2CC2)c2cc(N3CCNCC3)c(F)cc2c1=O. The zero-order valence-electron chi connectivity index (χ0n) is 57.7. The molecular formula is C70H100FN9O17.